The van der Waals surface area contributed by atoms with E-state index in [1.807, 2.05) is 25.1 Å². The average molecular weight is 351 g/mol. The first-order chi connectivity index (χ1) is 10.0. The summed E-state index contributed by atoms with van der Waals surface area (Å²) in [5, 5.41) is 13.1. The Bertz CT molecular complexity index is 683. The van der Waals surface area contributed by atoms with Crippen LogP contribution in [-0.4, -0.2) is 21.2 Å². The van der Waals surface area contributed by atoms with Crippen LogP contribution in [0.3, 0.4) is 0 Å². The van der Waals surface area contributed by atoms with Crippen molar-refractivity contribution >= 4 is 21.9 Å². The summed E-state index contributed by atoms with van der Waals surface area (Å²) in [6.45, 7) is 2.01. The number of aryl methyl sites for hydroxylation is 1. The molecular weight excluding hydrogens is 336 g/mol. The van der Waals surface area contributed by atoms with Crippen LogP contribution in [0.25, 0.3) is 11.4 Å². The average Bonchev–Trinajstić information content (AvgIpc) is 3.07. The van der Waals surface area contributed by atoms with Crippen LogP contribution in [0.2, 0.25) is 0 Å². The predicted molar refractivity (Wildman–Crippen MR) is 79.9 cm³/mol. The molecule has 1 N–H and O–H groups in total. The fourth-order valence-electron chi connectivity index (χ4n) is 2.74. The lowest BCUT2D eigenvalue weighted by molar-refractivity contribution is -0.141. The highest BCUT2D eigenvalue weighted by Crippen LogP contribution is 2.38. The summed E-state index contributed by atoms with van der Waals surface area (Å²) in [4.78, 5) is 15.5. The summed E-state index contributed by atoms with van der Waals surface area (Å²) in [6.07, 6.45) is 2.03. The first-order valence-corrected chi connectivity index (χ1v) is 7.67. The molecule has 1 heterocycles. The fourth-order valence-corrected chi connectivity index (χ4v) is 3.41. The molecule has 5 nitrogen and oxygen atoms in total. The Morgan fingerprint density at radius 2 is 2.24 bits per heavy atom. The zero-order valence-corrected chi connectivity index (χ0v) is 13.1. The molecule has 2 atom stereocenters. The molecule has 0 amide bonds. The molecule has 1 saturated carbocycles. The molecule has 1 aliphatic rings. The summed E-state index contributed by atoms with van der Waals surface area (Å²) < 4.78 is 6.26. The SMILES string of the molecule is Cc1ccc(-c2noc(C3CCC(C(=O)O)C3)n2)c(Br)c1. The topological polar surface area (TPSA) is 76.2 Å². The van der Waals surface area contributed by atoms with Gasteiger partial charge in [-0.25, -0.2) is 0 Å². The van der Waals surface area contributed by atoms with Crippen LogP contribution in [0.1, 0.15) is 36.6 Å². The van der Waals surface area contributed by atoms with Gasteiger partial charge < -0.3 is 9.63 Å². The Kier molecular flexibility index (Phi) is 3.80. The van der Waals surface area contributed by atoms with Gasteiger partial charge in [0, 0.05) is 16.0 Å². The smallest absolute Gasteiger partial charge is 0.306 e. The molecule has 1 aromatic heterocycles. The third kappa shape index (κ3) is 2.85. The highest BCUT2D eigenvalue weighted by molar-refractivity contribution is 9.10. The lowest BCUT2D eigenvalue weighted by Crippen LogP contribution is -2.09. The minimum Gasteiger partial charge on any atom is -0.481 e. The van der Waals surface area contributed by atoms with E-state index < -0.39 is 5.97 Å². The van der Waals surface area contributed by atoms with Crippen molar-refractivity contribution < 1.29 is 14.4 Å². The van der Waals surface area contributed by atoms with Gasteiger partial charge in [-0.15, -0.1) is 0 Å². The molecule has 0 aliphatic heterocycles. The maximum atomic E-state index is 11.0. The highest BCUT2D eigenvalue weighted by atomic mass is 79.9. The van der Waals surface area contributed by atoms with Crippen molar-refractivity contribution in [1.82, 2.24) is 10.1 Å². The van der Waals surface area contributed by atoms with Crippen LogP contribution in [0.4, 0.5) is 0 Å². The molecule has 0 saturated heterocycles. The number of aliphatic carboxylic acids is 1. The standard InChI is InChI=1S/C15H15BrN2O3/c1-8-2-5-11(12(16)6-8)13-17-14(21-18-13)9-3-4-10(7-9)15(19)20/h2,5-6,9-10H,3-4,7H2,1H3,(H,19,20). The van der Waals surface area contributed by atoms with E-state index in [1.165, 1.54) is 0 Å². The van der Waals surface area contributed by atoms with E-state index in [1.54, 1.807) is 0 Å². The first kappa shape index (κ1) is 14.3. The molecule has 110 valence electrons. The third-order valence-corrected chi connectivity index (χ3v) is 4.59. The van der Waals surface area contributed by atoms with Crippen LogP contribution in [0, 0.1) is 12.8 Å². The van der Waals surface area contributed by atoms with Crippen molar-refractivity contribution in [3.8, 4) is 11.4 Å². The molecular formula is C15H15BrN2O3. The zero-order valence-electron chi connectivity index (χ0n) is 11.5. The van der Waals surface area contributed by atoms with Crippen molar-refractivity contribution in [2.24, 2.45) is 5.92 Å². The number of hydrogen-bond donors (Lipinski definition) is 1. The van der Waals surface area contributed by atoms with Gasteiger partial charge in [-0.2, -0.15) is 4.98 Å². The zero-order chi connectivity index (χ0) is 15.0. The van der Waals surface area contributed by atoms with Crippen LogP contribution in [0.5, 0.6) is 0 Å². The minimum absolute atomic E-state index is 0.0524. The quantitative estimate of drug-likeness (QED) is 0.911. The van der Waals surface area contributed by atoms with E-state index in [2.05, 4.69) is 26.1 Å². The molecule has 1 fully saturated rings. The van der Waals surface area contributed by atoms with Crippen LogP contribution in [0.15, 0.2) is 27.2 Å². The molecule has 0 bridgehead atoms. The first-order valence-electron chi connectivity index (χ1n) is 6.87. The van der Waals surface area contributed by atoms with Gasteiger partial charge in [-0.3, -0.25) is 4.79 Å². The summed E-state index contributed by atoms with van der Waals surface area (Å²) >= 11 is 3.51. The number of rotatable bonds is 3. The number of carbonyl (C=O) groups is 1. The van der Waals surface area contributed by atoms with Crippen LogP contribution in [-0.2, 0) is 4.79 Å². The van der Waals surface area contributed by atoms with Gasteiger partial charge in [0.15, 0.2) is 0 Å². The molecule has 0 radical (unpaired) electrons. The number of carboxylic acids is 1. The predicted octanol–water partition coefficient (Wildman–Crippen LogP) is 3.78. The summed E-state index contributed by atoms with van der Waals surface area (Å²) in [5.74, 6) is 0.100. The van der Waals surface area contributed by atoms with Gasteiger partial charge in [-0.1, -0.05) is 27.2 Å². The maximum absolute atomic E-state index is 11.0. The molecule has 21 heavy (non-hydrogen) atoms. The number of aromatic nitrogens is 2. The lowest BCUT2D eigenvalue weighted by Gasteiger charge is -2.03. The van der Waals surface area contributed by atoms with E-state index in [9.17, 15) is 4.79 Å². The maximum Gasteiger partial charge on any atom is 0.306 e. The van der Waals surface area contributed by atoms with Gasteiger partial charge in [-0.05, 0) is 43.9 Å². The Balaban J connectivity index is 1.82. The van der Waals surface area contributed by atoms with Crippen molar-refractivity contribution in [2.75, 3.05) is 0 Å². The second-order valence-corrected chi connectivity index (χ2v) is 6.34. The Labute approximate surface area is 130 Å². The molecule has 2 aromatic rings. The number of halogens is 1. The third-order valence-electron chi connectivity index (χ3n) is 3.94. The lowest BCUT2D eigenvalue weighted by atomic mass is 10.1. The van der Waals surface area contributed by atoms with E-state index in [4.69, 9.17) is 9.63 Å². The minimum atomic E-state index is -0.737. The monoisotopic (exact) mass is 350 g/mol. The summed E-state index contributed by atoms with van der Waals surface area (Å²) in [5.41, 5.74) is 2.03. The number of benzene rings is 1. The number of hydrogen-bond acceptors (Lipinski definition) is 4. The van der Waals surface area contributed by atoms with Crippen LogP contribution < -0.4 is 0 Å². The fraction of sp³-hybridized carbons (Fsp3) is 0.400. The number of carboxylic acid groups (broad SMARTS) is 1. The molecule has 1 aliphatic carbocycles. The second-order valence-electron chi connectivity index (χ2n) is 5.48. The van der Waals surface area contributed by atoms with Crippen LogP contribution >= 0.6 is 15.9 Å². The second kappa shape index (κ2) is 5.60. The van der Waals surface area contributed by atoms with Gasteiger partial charge in [0.2, 0.25) is 11.7 Å². The molecule has 2 unspecified atom stereocenters. The Morgan fingerprint density at radius 3 is 2.90 bits per heavy atom. The Hall–Kier alpha value is -1.69. The summed E-state index contributed by atoms with van der Waals surface area (Å²) in [6, 6.07) is 5.94. The number of nitrogens with zero attached hydrogens (tertiary/aromatic N) is 2. The molecule has 3 rings (SSSR count). The molecule has 6 heteroatoms. The van der Waals surface area contributed by atoms with Crippen molar-refractivity contribution in [1.29, 1.82) is 0 Å². The van der Waals surface area contributed by atoms with E-state index in [0.717, 1.165) is 22.0 Å². The van der Waals surface area contributed by atoms with Crippen molar-refractivity contribution in [3.63, 3.8) is 0 Å². The Morgan fingerprint density at radius 1 is 1.43 bits per heavy atom. The summed E-state index contributed by atoms with van der Waals surface area (Å²) in [7, 11) is 0. The van der Waals surface area contributed by atoms with Gasteiger partial charge in [0.1, 0.15) is 0 Å². The largest absolute Gasteiger partial charge is 0.481 e. The van der Waals surface area contributed by atoms with E-state index in [0.29, 0.717) is 24.6 Å². The van der Waals surface area contributed by atoms with Crippen molar-refractivity contribution in [3.05, 3.63) is 34.1 Å². The van der Waals surface area contributed by atoms with Gasteiger partial charge >= 0.3 is 5.97 Å². The van der Waals surface area contributed by atoms with E-state index >= 15 is 0 Å². The van der Waals surface area contributed by atoms with E-state index in [-0.39, 0.29) is 11.8 Å². The highest BCUT2D eigenvalue weighted by Gasteiger charge is 2.33. The molecule has 1 aromatic carbocycles. The van der Waals surface area contributed by atoms with Gasteiger partial charge in [0.25, 0.3) is 0 Å². The molecule has 0 spiro atoms. The normalized spacial score (nSPS) is 21.6. The van der Waals surface area contributed by atoms with Gasteiger partial charge in [0.05, 0.1) is 5.92 Å². The van der Waals surface area contributed by atoms with Crippen molar-refractivity contribution in [2.45, 2.75) is 32.1 Å².